The zero-order chi connectivity index (χ0) is 13.3. The number of nitrogens with one attached hydrogen (secondary N) is 1. The predicted molar refractivity (Wildman–Crippen MR) is 73.7 cm³/mol. The molecule has 1 aromatic carbocycles. The maximum absolute atomic E-state index is 12.1. The summed E-state index contributed by atoms with van der Waals surface area (Å²) in [6, 6.07) is 5.68. The molecule has 2 aromatic rings. The van der Waals surface area contributed by atoms with E-state index in [4.69, 9.17) is 16.3 Å². The topological polar surface area (TPSA) is 42.1 Å². The van der Waals surface area contributed by atoms with Crippen LogP contribution in [0.25, 0.3) is 10.9 Å². The Labute approximate surface area is 111 Å². The van der Waals surface area contributed by atoms with E-state index in [1.54, 1.807) is 13.1 Å². The Morgan fingerprint density at radius 3 is 2.67 bits per heavy atom. The summed E-state index contributed by atoms with van der Waals surface area (Å²) in [6.45, 7) is 5.59. The van der Waals surface area contributed by atoms with Crippen molar-refractivity contribution < 1.29 is 9.53 Å². The summed E-state index contributed by atoms with van der Waals surface area (Å²) >= 11 is 5.87. The smallest absolute Gasteiger partial charge is 0.182 e. The number of Topliss-reactive ketones (excluding diaryl/α,β-unsaturated/α-hetero) is 1. The second-order valence-corrected chi connectivity index (χ2v) is 5.18. The van der Waals surface area contributed by atoms with Gasteiger partial charge in [0, 0.05) is 17.3 Å². The molecular weight excluding hydrogens is 250 g/mol. The van der Waals surface area contributed by atoms with Crippen molar-refractivity contribution in [3.05, 3.63) is 30.0 Å². The molecule has 0 amide bonds. The van der Waals surface area contributed by atoms with Crippen molar-refractivity contribution in [2.45, 2.75) is 32.3 Å². The molecule has 0 aliphatic carbocycles. The van der Waals surface area contributed by atoms with Crippen LogP contribution >= 0.6 is 11.6 Å². The molecule has 0 radical (unpaired) electrons. The largest absolute Gasteiger partial charge is 0.490 e. The summed E-state index contributed by atoms with van der Waals surface area (Å²) in [6.07, 6.45) is 1.75. The molecule has 0 bridgehead atoms. The third-order valence-corrected chi connectivity index (χ3v) is 2.86. The van der Waals surface area contributed by atoms with Gasteiger partial charge in [-0.3, -0.25) is 4.79 Å². The van der Waals surface area contributed by atoms with E-state index in [1.165, 1.54) is 0 Å². The average Bonchev–Trinajstić information content (AvgIpc) is 2.72. The number of ether oxygens (including phenoxy) is 1. The molecule has 3 nitrogen and oxygen atoms in total. The van der Waals surface area contributed by atoms with Crippen molar-refractivity contribution in [1.29, 1.82) is 0 Å². The van der Waals surface area contributed by atoms with E-state index in [0.29, 0.717) is 11.3 Å². The summed E-state index contributed by atoms with van der Waals surface area (Å²) < 4.78 is 5.74. The van der Waals surface area contributed by atoms with Crippen LogP contribution in [0.1, 0.15) is 31.1 Å². The van der Waals surface area contributed by atoms with Gasteiger partial charge >= 0.3 is 0 Å². The number of aromatic amines is 1. The van der Waals surface area contributed by atoms with Gasteiger partial charge in [-0.05, 0) is 32.9 Å². The van der Waals surface area contributed by atoms with Crippen molar-refractivity contribution in [3.63, 3.8) is 0 Å². The standard InChI is InChI=1S/C14H16ClNO2/c1-8(2)18-12-6-4-5-11-13(12)10(7-16-11)14(17)9(3)15/h4-9,16H,1-3H3. The molecular formula is C14H16ClNO2. The highest BCUT2D eigenvalue weighted by Crippen LogP contribution is 2.30. The Hall–Kier alpha value is -1.48. The fraction of sp³-hybridized carbons (Fsp3) is 0.357. The van der Waals surface area contributed by atoms with Gasteiger partial charge < -0.3 is 9.72 Å². The molecule has 0 fully saturated rings. The van der Waals surface area contributed by atoms with Gasteiger partial charge in [0.05, 0.1) is 16.9 Å². The van der Waals surface area contributed by atoms with Crippen LogP contribution in [0.15, 0.2) is 24.4 Å². The number of alkyl halides is 1. The zero-order valence-corrected chi connectivity index (χ0v) is 11.4. The molecule has 0 aliphatic rings. The van der Waals surface area contributed by atoms with E-state index in [0.717, 1.165) is 10.9 Å². The van der Waals surface area contributed by atoms with E-state index < -0.39 is 5.38 Å². The molecule has 0 spiro atoms. The number of hydrogen-bond acceptors (Lipinski definition) is 2. The zero-order valence-electron chi connectivity index (χ0n) is 10.7. The highest BCUT2D eigenvalue weighted by molar-refractivity contribution is 6.35. The first-order valence-corrected chi connectivity index (χ1v) is 6.39. The van der Waals surface area contributed by atoms with E-state index in [1.807, 2.05) is 32.0 Å². The van der Waals surface area contributed by atoms with E-state index >= 15 is 0 Å². The lowest BCUT2D eigenvalue weighted by Crippen LogP contribution is -2.11. The minimum Gasteiger partial charge on any atom is -0.490 e. The molecule has 0 saturated carbocycles. The number of aromatic nitrogens is 1. The Kier molecular flexibility index (Phi) is 3.62. The normalized spacial score (nSPS) is 12.9. The number of carbonyl (C=O) groups is 1. The van der Waals surface area contributed by atoms with Crippen LogP contribution in [0.5, 0.6) is 5.75 Å². The summed E-state index contributed by atoms with van der Waals surface area (Å²) in [4.78, 5) is 15.1. The molecule has 1 heterocycles. The van der Waals surface area contributed by atoms with E-state index in [9.17, 15) is 4.79 Å². The minimum atomic E-state index is -0.545. The van der Waals surface area contributed by atoms with Crippen molar-refractivity contribution in [1.82, 2.24) is 4.98 Å². The molecule has 0 saturated heterocycles. The highest BCUT2D eigenvalue weighted by atomic mass is 35.5. The van der Waals surface area contributed by atoms with Gasteiger partial charge in [0.1, 0.15) is 5.75 Å². The van der Waals surface area contributed by atoms with Gasteiger partial charge in [-0.15, -0.1) is 11.6 Å². The van der Waals surface area contributed by atoms with Crippen LogP contribution in [0.2, 0.25) is 0 Å². The summed E-state index contributed by atoms with van der Waals surface area (Å²) in [5.41, 5.74) is 1.47. The van der Waals surface area contributed by atoms with Crippen molar-refractivity contribution in [3.8, 4) is 5.75 Å². The molecule has 4 heteroatoms. The number of ketones is 1. The first-order valence-electron chi connectivity index (χ1n) is 5.95. The number of hydrogen-bond donors (Lipinski definition) is 1. The second-order valence-electron chi connectivity index (χ2n) is 4.53. The number of fused-ring (bicyclic) bond motifs is 1. The fourth-order valence-corrected chi connectivity index (χ4v) is 2.03. The highest BCUT2D eigenvalue weighted by Gasteiger charge is 2.19. The molecule has 2 rings (SSSR count). The first kappa shape index (κ1) is 13.0. The Morgan fingerprint density at radius 2 is 2.06 bits per heavy atom. The van der Waals surface area contributed by atoms with Crippen LogP contribution in [-0.2, 0) is 0 Å². The predicted octanol–water partition coefficient (Wildman–Crippen LogP) is 3.77. The molecule has 1 aromatic heterocycles. The number of halogens is 1. The Morgan fingerprint density at radius 1 is 1.33 bits per heavy atom. The maximum atomic E-state index is 12.1. The number of rotatable bonds is 4. The Balaban J connectivity index is 2.58. The second kappa shape index (κ2) is 5.02. The van der Waals surface area contributed by atoms with Crippen molar-refractivity contribution in [2.24, 2.45) is 0 Å². The van der Waals surface area contributed by atoms with Gasteiger partial charge in [-0.2, -0.15) is 0 Å². The lowest BCUT2D eigenvalue weighted by molar-refractivity contribution is 0.0993. The molecule has 18 heavy (non-hydrogen) atoms. The van der Waals surface area contributed by atoms with Gasteiger partial charge in [0.2, 0.25) is 0 Å². The number of carbonyl (C=O) groups excluding carboxylic acids is 1. The lowest BCUT2D eigenvalue weighted by atomic mass is 10.1. The number of benzene rings is 1. The first-order chi connectivity index (χ1) is 8.50. The minimum absolute atomic E-state index is 0.0573. The van der Waals surface area contributed by atoms with Crippen molar-refractivity contribution in [2.75, 3.05) is 0 Å². The molecule has 1 atom stereocenters. The van der Waals surface area contributed by atoms with Gasteiger partial charge in [0.15, 0.2) is 5.78 Å². The third kappa shape index (κ3) is 2.36. The fourth-order valence-electron chi connectivity index (χ4n) is 1.91. The van der Waals surface area contributed by atoms with Gasteiger partial charge in [0.25, 0.3) is 0 Å². The monoisotopic (exact) mass is 265 g/mol. The van der Waals surface area contributed by atoms with Gasteiger partial charge in [-0.25, -0.2) is 0 Å². The van der Waals surface area contributed by atoms with Crippen LogP contribution in [0.3, 0.4) is 0 Å². The van der Waals surface area contributed by atoms with Crippen LogP contribution in [0.4, 0.5) is 0 Å². The maximum Gasteiger partial charge on any atom is 0.182 e. The van der Waals surface area contributed by atoms with Crippen LogP contribution in [0, 0.1) is 0 Å². The summed E-state index contributed by atoms with van der Waals surface area (Å²) in [5, 5.41) is 0.264. The van der Waals surface area contributed by atoms with E-state index in [2.05, 4.69) is 4.98 Å². The number of H-pyrrole nitrogens is 1. The molecule has 1 N–H and O–H groups in total. The van der Waals surface area contributed by atoms with Crippen LogP contribution in [-0.4, -0.2) is 22.2 Å². The average molecular weight is 266 g/mol. The SMILES string of the molecule is CC(C)Oc1cccc2[nH]cc(C(=O)C(C)Cl)c12. The van der Waals surface area contributed by atoms with Crippen LogP contribution < -0.4 is 4.74 Å². The molecule has 96 valence electrons. The molecule has 0 aliphatic heterocycles. The van der Waals surface area contributed by atoms with Crippen molar-refractivity contribution >= 4 is 28.3 Å². The van der Waals surface area contributed by atoms with Gasteiger partial charge in [-0.1, -0.05) is 6.07 Å². The molecule has 1 unspecified atom stereocenters. The lowest BCUT2D eigenvalue weighted by Gasteiger charge is -2.12. The quantitative estimate of drug-likeness (QED) is 0.675. The summed E-state index contributed by atoms with van der Waals surface area (Å²) in [7, 11) is 0. The Bertz CT molecular complexity index is 572. The summed E-state index contributed by atoms with van der Waals surface area (Å²) in [5.74, 6) is 0.618. The van der Waals surface area contributed by atoms with E-state index in [-0.39, 0.29) is 11.9 Å². The third-order valence-electron chi connectivity index (χ3n) is 2.66.